The summed E-state index contributed by atoms with van der Waals surface area (Å²) in [6.45, 7) is 3.63. The Balaban J connectivity index is 1.64. The van der Waals surface area contributed by atoms with E-state index in [1.165, 1.54) is 5.69 Å². The molecule has 1 amide bonds. The number of nitrogens with zero attached hydrogens (tertiary/aromatic N) is 3. The van der Waals surface area contributed by atoms with Crippen molar-refractivity contribution in [2.45, 2.75) is 32.4 Å². The maximum absolute atomic E-state index is 13.3. The molecule has 0 bridgehead atoms. The largest absolute Gasteiger partial charge is 0.497 e. The Labute approximate surface area is 170 Å². The number of hydrogen-bond acceptors (Lipinski definition) is 4. The smallest absolute Gasteiger partial charge is 0.272 e. The van der Waals surface area contributed by atoms with Gasteiger partial charge in [0, 0.05) is 30.5 Å². The number of amides is 1. The van der Waals surface area contributed by atoms with E-state index in [0.29, 0.717) is 29.4 Å². The normalized spacial score (nSPS) is 15.8. The molecule has 1 aromatic carbocycles. The van der Waals surface area contributed by atoms with E-state index < -0.39 is 0 Å². The van der Waals surface area contributed by atoms with Crippen LogP contribution in [0.5, 0.6) is 11.5 Å². The number of aromatic nitrogens is 3. The number of rotatable bonds is 6. The third kappa shape index (κ3) is 3.48. The summed E-state index contributed by atoms with van der Waals surface area (Å²) < 4.78 is 13.0. The van der Waals surface area contributed by atoms with Crippen molar-refractivity contribution in [1.82, 2.24) is 19.7 Å². The van der Waals surface area contributed by atoms with Gasteiger partial charge in [-0.05, 0) is 42.8 Å². The second-order valence-corrected chi connectivity index (χ2v) is 7.16. The fourth-order valence-electron chi connectivity index (χ4n) is 4.02. The van der Waals surface area contributed by atoms with Crippen LogP contribution >= 0.6 is 0 Å². The van der Waals surface area contributed by atoms with Gasteiger partial charge in [0.2, 0.25) is 0 Å². The van der Waals surface area contributed by atoms with E-state index in [1.54, 1.807) is 20.3 Å². The van der Waals surface area contributed by atoms with E-state index in [-0.39, 0.29) is 11.9 Å². The molecule has 152 valence electrons. The first-order valence-corrected chi connectivity index (χ1v) is 9.90. The van der Waals surface area contributed by atoms with E-state index in [1.807, 2.05) is 23.1 Å². The van der Waals surface area contributed by atoms with E-state index in [2.05, 4.69) is 40.0 Å². The zero-order valence-electron chi connectivity index (χ0n) is 17.0. The van der Waals surface area contributed by atoms with Gasteiger partial charge in [-0.2, -0.15) is 5.10 Å². The average Bonchev–Trinajstić information content (AvgIpc) is 3.43. The molecule has 4 rings (SSSR count). The Bertz CT molecular complexity index is 1010. The number of carbonyl (C=O) groups excluding carboxylic acids is 1. The number of H-pyrrole nitrogens is 1. The number of hydrogen-bond donors (Lipinski definition) is 1. The minimum absolute atomic E-state index is 0.0310. The van der Waals surface area contributed by atoms with Gasteiger partial charge >= 0.3 is 0 Å². The van der Waals surface area contributed by atoms with E-state index in [9.17, 15) is 4.79 Å². The summed E-state index contributed by atoms with van der Waals surface area (Å²) in [5, 5.41) is 7.30. The SMILES string of the molecule is CCC[C@H]1c2cccn2CCN1C(=O)c1cc(-c2cc(OC)ccc2OC)n[nH]1. The monoisotopic (exact) mass is 394 g/mol. The summed E-state index contributed by atoms with van der Waals surface area (Å²) in [6.07, 6.45) is 4.03. The second-order valence-electron chi connectivity index (χ2n) is 7.16. The first-order chi connectivity index (χ1) is 14.2. The molecule has 1 aliphatic rings. The molecular formula is C22H26N4O3. The zero-order chi connectivity index (χ0) is 20.4. The molecule has 0 aliphatic carbocycles. The van der Waals surface area contributed by atoms with Gasteiger partial charge in [0.1, 0.15) is 17.2 Å². The topological polar surface area (TPSA) is 72.4 Å². The lowest BCUT2D eigenvalue weighted by Crippen LogP contribution is -2.42. The van der Waals surface area contributed by atoms with Crippen LogP contribution in [0.1, 0.15) is 42.0 Å². The average molecular weight is 394 g/mol. The predicted octanol–water partition coefficient (Wildman–Crippen LogP) is 3.89. The standard InChI is InChI=1S/C22H26N4O3/c1-4-6-20-19-7-5-10-25(19)11-12-26(20)22(27)18-14-17(23-24-18)16-13-15(28-2)8-9-21(16)29-3/h5,7-10,13-14,20H,4,6,11-12H2,1-3H3,(H,23,24)/t20-/m0/s1. The van der Waals surface area contributed by atoms with Crippen LogP contribution in [0.3, 0.4) is 0 Å². The third-order valence-corrected chi connectivity index (χ3v) is 5.48. The highest BCUT2D eigenvalue weighted by Gasteiger charge is 2.31. The van der Waals surface area contributed by atoms with Crippen molar-refractivity contribution in [3.05, 3.63) is 54.0 Å². The predicted molar refractivity (Wildman–Crippen MR) is 110 cm³/mol. The molecule has 7 nitrogen and oxygen atoms in total. The van der Waals surface area contributed by atoms with Crippen molar-refractivity contribution in [2.75, 3.05) is 20.8 Å². The number of nitrogens with one attached hydrogen (secondary N) is 1. The summed E-state index contributed by atoms with van der Waals surface area (Å²) in [6, 6.07) is 11.6. The number of benzene rings is 1. The first kappa shape index (κ1) is 19.1. The fraction of sp³-hybridized carbons (Fsp3) is 0.364. The van der Waals surface area contributed by atoms with Crippen LogP contribution in [0.2, 0.25) is 0 Å². The lowest BCUT2D eigenvalue weighted by molar-refractivity contribution is 0.0604. The molecule has 0 saturated heterocycles. The molecule has 7 heteroatoms. The molecule has 0 radical (unpaired) electrons. The van der Waals surface area contributed by atoms with Crippen LogP contribution in [-0.2, 0) is 6.54 Å². The number of carbonyl (C=O) groups is 1. The molecule has 3 aromatic rings. The summed E-state index contributed by atoms with van der Waals surface area (Å²) in [4.78, 5) is 15.3. The highest BCUT2D eigenvalue weighted by atomic mass is 16.5. The van der Waals surface area contributed by atoms with Crippen molar-refractivity contribution in [3.63, 3.8) is 0 Å². The Morgan fingerprint density at radius 3 is 2.83 bits per heavy atom. The molecule has 0 fully saturated rings. The van der Waals surface area contributed by atoms with Gasteiger partial charge < -0.3 is 18.9 Å². The lowest BCUT2D eigenvalue weighted by atomic mass is 10.0. The Morgan fingerprint density at radius 2 is 2.07 bits per heavy atom. The van der Waals surface area contributed by atoms with Gasteiger partial charge in [0.25, 0.3) is 5.91 Å². The van der Waals surface area contributed by atoms with E-state index >= 15 is 0 Å². The van der Waals surface area contributed by atoms with Crippen LogP contribution < -0.4 is 9.47 Å². The third-order valence-electron chi connectivity index (χ3n) is 5.48. The fourth-order valence-corrected chi connectivity index (χ4v) is 4.02. The number of fused-ring (bicyclic) bond motifs is 1. The first-order valence-electron chi connectivity index (χ1n) is 9.90. The van der Waals surface area contributed by atoms with Crippen molar-refractivity contribution in [3.8, 4) is 22.8 Å². The molecule has 0 saturated carbocycles. The second kappa shape index (κ2) is 8.03. The van der Waals surface area contributed by atoms with Gasteiger partial charge in [0.15, 0.2) is 0 Å². The highest BCUT2D eigenvalue weighted by molar-refractivity contribution is 5.94. The minimum atomic E-state index is -0.0310. The Kier molecular flexibility index (Phi) is 5.29. The van der Waals surface area contributed by atoms with Crippen LogP contribution in [0.15, 0.2) is 42.6 Å². The van der Waals surface area contributed by atoms with E-state index in [4.69, 9.17) is 9.47 Å². The van der Waals surface area contributed by atoms with E-state index in [0.717, 1.165) is 24.9 Å². The van der Waals surface area contributed by atoms with Crippen LogP contribution in [0, 0.1) is 0 Å². The summed E-state index contributed by atoms with van der Waals surface area (Å²) in [5.74, 6) is 1.35. The number of methoxy groups -OCH3 is 2. The molecule has 1 atom stereocenters. The summed E-state index contributed by atoms with van der Waals surface area (Å²) >= 11 is 0. The number of ether oxygens (including phenoxy) is 2. The van der Waals surface area contributed by atoms with Crippen LogP contribution in [0.4, 0.5) is 0 Å². The van der Waals surface area contributed by atoms with Crippen molar-refractivity contribution >= 4 is 5.91 Å². The van der Waals surface area contributed by atoms with Crippen molar-refractivity contribution in [1.29, 1.82) is 0 Å². The Morgan fingerprint density at radius 1 is 1.21 bits per heavy atom. The van der Waals surface area contributed by atoms with Crippen molar-refractivity contribution in [2.24, 2.45) is 0 Å². The van der Waals surface area contributed by atoms with Gasteiger partial charge in [-0.3, -0.25) is 9.89 Å². The lowest BCUT2D eigenvalue weighted by Gasteiger charge is -2.36. The van der Waals surface area contributed by atoms with Gasteiger partial charge in [-0.25, -0.2) is 0 Å². The molecule has 2 aromatic heterocycles. The van der Waals surface area contributed by atoms with Crippen LogP contribution in [0.25, 0.3) is 11.3 Å². The van der Waals surface area contributed by atoms with Gasteiger partial charge in [-0.1, -0.05) is 13.3 Å². The minimum Gasteiger partial charge on any atom is -0.497 e. The van der Waals surface area contributed by atoms with Gasteiger partial charge in [0.05, 0.1) is 26.0 Å². The molecule has 0 spiro atoms. The quantitative estimate of drug-likeness (QED) is 0.688. The molecule has 1 aliphatic heterocycles. The number of aromatic amines is 1. The zero-order valence-corrected chi connectivity index (χ0v) is 17.0. The van der Waals surface area contributed by atoms with Crippen LogP contribution in [-0.4, -0.2) is 46.3 Å². The molecule has 3 heterocycles. The summed E-state index contributed by atoms with van der Waals surface area (Å²) in [7, 11) is 3.23. The molecule has 1 N–H and O–H groups in total. The molecule has 0 unspecified atom stereocenters. The Hall–Kier alpha value is -3.22. The molecular weight excluding hydrogens is 368 g/mol. The summed E-state index contributed by atoms with van der Waals surface area (Å²) in [5.41, 5.74) is 3.10. The molecule has 29 heavy (non-hydrogen) atoms. The van der Waals surface area contributed by atoms with Crippen molar-refractivity contribution < 1.29 is 14.3 Å². The highest BCUT2D eigenvalue weighted by Crippen LogP contribution is 2.34. The maximum atomic E-state index is 13.3. The maximum Gasteiger partial charge on any atom is 0.272 e. The van der Waals surface area contributed by atoms with Gasteiger partial charge in [-0.15, -0.1) is 0 Å².